The lowest BCUT2D eigenvalue weighted by molar-refractivity contribution is 0.0710. The first kappa shape index (κ1) is 18.3. The topological polar surface area (TPSA) is 93.9 Å². The van der Waals surface area contributed by atoms with E-state index < -0.39 is 0 Å². The molecule has 1 N–H and O–H groups in total. The summed E-state index contributed by atoms with van der Waals surface area (Å²) in [6.07, 6.45) is 5.21. The molecule has 28 heavy (non-hydrogen) atoms. The molecule has 8 nitrogen and oxygen atoms in total. The van der Waals surface area contributed by atoms with E-state index in [-0.39, 0.29) is 36.1 Å². The lowest BCUT2D eigenvalue weighted by Gasteiger charge is -2.22. The molecule has 0 unspecified atom stereocenters. The normalized spacial score (nSPS) is 15.8. The molecule has 1 heterocycles. The summed E-state index contributed by atoms with van der Waals surface area (Å²) in [5, 5.41) is 2.88. The van der Waals surface area contributed by atoms with Gasteiger partial charge in [0.05, 0.1) is 26.3 Å². The zero-order valence-electron chi connectivity index (χ0n) is 15.9. The first-order valence-electron chi connectivity index (χ1n) is 9.37. The summed E-state index contributed by atoms with van der Waals surface area (Å²) >= 11 is 0. The van der Waals surface area contributed by atoms with Crippen molar-refractivity contribution in [3.63, 3.8) is 0 Å². The van der Waals surface area contributed by atoms with Gasteiger partial charge in [0.25, 0.3) is 11.8 Å². The molecule has 0 radical (unpaired) electrons. The summed E-state index contributed by atoms with van der Waals surface area (Å²) in [5.41, 5.74) is 0.695. The van der Waals surface area contributed by atoms with Crippen molar-refractivity contribution in [2.75, 3.05) is 14.2 Å². The van der Waals surface area contributed by atoms with Crippen LogP contribution < -0.4 is 14.8 Å². The van der Waals surface area contributed by atoms with Gasteiger partial charge in [-0.25, -0.2) is 4.98 Å². The Balaban J connectivity index is 1.51. The van der Waals surface area contributed by atoms with Gasteiger partial charge in [0.2, 0.25) is 5.89 Å². The highest BCUT2D eigenvalue weighted by Crippen LogP contribution is 2.33. The Labute approximate surface area is 162 Å². The van der Waals surface area contributed by atoms with Crippen molar-refractivity contribution >= 4 is 11.8 Å². The molecule has 2 aliphatic rings. The standard InChI is InChI=1S/C20H23N3O5/c1-26-14-7-8-15(17(9-14)27-2)20(25)23(13-5-6-13)10-18-22-16(11-28-18)19(24)21-12-3-4-12/h7-9,11-13H,3-6,10H2,1-2H3,(H,21,24). The van der Waals surface area contributed by atoms with Crippen LogP contribution in [0.2, 0.25) is 0 Å². The summed E-state index contributed by atoms with van der Waals surface area (Å²) in [6.45, 7) is 0.204. The number of hydrogen-bond acceptors (Lipinski definition) is 6. The fourth-order valence-corrected chi connectivity index (χ4v) is 3.00. The number of rotatable bonds is 8. The van der Waals surface area contributed by atoms with Crippen molar-refractivity contribution < 1.29 is 23.5 Å². The molecule has 2 aromatic rings. The maximum atomic E-state index is 13.2. The van der Waals surface area contributed by atoms with Crippen molar-refractivity contribution in [2.24, 2.45) is 0 Å². The molecule has 0 saturated heterocycles. The molecule has 1 aromatic heterocycles. The minimum absolute atomic E-state index is 0.134. The van der Waals surface area contributed by atoms with Gasteiger partial charge in [-0.05, 0) is 37.8 Å². The zero-order valence-corrected chi connectivity index (χ0v) is 15.9. The van der Waals surface area contributed by atoms with Gasteiger partial charge in [-0.15, -0.1) is 0 Å². The molecular weight excluding hydrogens is 362 g/mol. The Morgan fingerprint density at radius 2 is 2.00 bits per heavy atom. The quantitative estimate of drug-likeness (QED) is 0.750. The third kappa shape index (κ3) is 3.95. The van der Waals surface area contributed by atoms with Crippen LogP contribution in [0.1, 0.15) is 52.4 Å². The second-order valence-corrected chi connectivity index (χ2v) is 7.10. The van der Waals surface area contributed by atoms with Crippen LogP contribution in [-0.4, -0.2) is 48.0 Å². The third-order valence-corrected chi connectivity index (χ3v) is 4.89. The van der Waals surface area contributed by atoms with Crippen LogP contribution in [-0.2, 0) is 6.54 Å². The fourth-order valence-electron chi connectivity index (χ4n) is 3.00. The van der Waals surface area contributed by atoms with Crippen LogP contribution in [0.25, 0.3) is 0 Å². The van der Waals surface area contributed by atoms with E-state index in [0.29, 0.717) is 23.0 Å². The summed E-state index contributed by atoms with van der Waals surface area (Å²) in [6, 6.07) is 5.49. The van der Waals surface area contributed by atoms with Crippen LogP contribution in [0.4, 0.5) is 0 Å². The van der Waals surface area contributed by atoms with E-state index >= 15 is 0 Å². The minimum atomic E-state index is -0.237. The molecule has 0 spiro atoms. The number of carbonyl (C=O) groups excluding carboxylic acids is 2. The predicted octanol–water partition coefficient (Wildman–Crippen LogP) is 2.39. The van der Waals surface area contributed by atoms with E-state index in [4.69, 9.17) is 13.9 Å². The van der Waals surface area contributed by atoms with E-state index in [9.17, 15) is 9.59 Å². The molecule has 0 aliphatic heterocycles. The number of ether oxygens (including phenoxy) is 2. The second-order valence-electron chi connectivity index (χ2n) is 7.10. The Morgan fingerprint density at radius 1 is 1.21 bits per heavy atom. The van der Waals surface area contributed by atoms with E-state index in [1.54, 1.807) is 30.2 Å². The maximum Gasteiger partial charge on any atom is 0.273 e. The van der Waals surface area contributed by atoms with E-state index in [0.717, 1.165) is 25.7 Å². The van der Waals surface area contributed by atoms with Gasteiger partial charge in [0.15, 0.2) is 5.69 Å². The Hall–Kier alpha value is -3.03. The molecule has 148 valence electrons. The summed E-state index contributed by atoms with van der Waals surface area (Å²) < 4.78 is 16.0. The van der Waals surface area contributed by atoms with Gasteiger partial charge < -0.3 is 24.1 Å². The molecule has 4 rings (SSSR count). The highest BCUT2D eigenvalue weighted by molar-refractivity contribution is 5.97. The van der Waals surface area contributed by atoms with E-state index in [1.807, 2.05) is 0 Å². The predicted molar refractivity (Wildman–Crippen MR) is 99.4 cm³/mol. The number of methoxy groups -OCH3 is 2. The Kier molecular flexibility index (Phi) is 4.93. The third-order valence-electron chi connectivity index (χ3n) is 4.89. The monoisotopic (exact) mass is 385 g/mol. The number of carbonyl (C=O) groups is 2. The molecule has 8 heteroatoms. The average Bonchev–Trinajstić information content (AvgIpc) is 3.65. The van der Waals surface area contributed by atoms with Gasteiger partial charge in [-0.2, -0.15) is 0 Å². The fraction of sp³-hybridized carbons (Fsp3) is 0.450. The lowest BCUT2D eigenvalue weighted by Crippen LogP contribution is -2.33. The van der Waals surface area contributed by atoms with Gasteiger partial charge in [0, 0.05) is 18.2 Å². The van der Waals surface area contributed by atoms with Crippen LogP contribution in [0, 0.1) is 0 Å². The van der Waals surface area contributed by atoms with Crippen molar-refractivity contribution in [2.45, 2.75) is 44.3 Å². The number of hydrogen-bond donors (Lipinski definition) is 1. The molecule has 0 bridgehead atoms. The SMILES string of the molecule is COc1ccc(C(=O)N(Cc2nc(C(=O)NC3CC3)co2)C2CC2)c(OC)c1. The first-order chi connectivity index (χ1) is 13.6. The van der Waals surface area contributed by atoms with E-state index in [1.165, 1.54) is 13.4 Å². The van der Waals surface area contributed by atoms with Crippen molar-refractivity contribution in [1.82, 2.24) is 15.2 Å². The molecule has 2 aliphatic carbocycles. The van der Waals surface area contributed by atoms with Gasteiger partial charge in [-0.1, -0.05) is 0 Å². The molecule has 2 saturated carbocycles. The van der Waals surface area contributed by atoms with Crippen LogP contribution >= 0.6 is 0 Å². The van der Waals surface area contributed by atoms with Gasteiger partial charge in [0.1, 0.15) is 17.8 Å². The largest absolute Gasteiger partial charge is 0.497 e. The number of benzene rings is 1. The average molecular weight is 385 g/mol. The number of aromatic nitrogens is 1. The number of amides is 2. The smallest absolute Gasteiger partial charge is 0.273 e. The molecule has 2 fully saturated rings. The van der Waals surface area contributed by atoms with Crippen molar-refractivity contribution in [1.29, 1.82) is 0 Å². The van der Waals surface area contributed by atoms with Crippen molar-refractivity contribution in [3.8, 4) is 11.5 Å². The molecule has 1 aromatic carbocycles. The lowest BCUT2D eigenvalue weighted by atomic mass is 10.1. The Bertz CT molecular complexity index is 886. The number of nitrogens with one attached hydrogen (secondary N) is 1. The van der Waals surface area contributed by atoms with Crippen molar-refractivity contribution in [3.05, 3.63) is 41.6 Å². The number of nitrogens with zero attached hydrogens (tertiary/aromatic N) is 2. The molecular formula is C20H23N3O5. The Morgan fingerprint density at radius 3 is 2.64 bits per heavy atom. The first-order valence-corrected chi connectivity index (χ1v) is 9.37. The molecule has 2 amide bonds. The van der Waals surface area contributed by atoms with Gasteiger partial charge >= 0.3 is 0 Å². The van der Waals surface area contributed by atoms with E-state index in [2.05, 4.69) is 10.3 Å². The highest BCUT2D eigenvalue weighted by Gasteiger charge is 2.35. The van der Waals surface area contributed by atoms with Crippen LogP contribution in [0.5, 0.6) is 11.5 Å². The maximum absolute atomic E-state index is 13.2. The summed E-state index contributed by atoms with van der Waals surface area (Å²) in [5.74, 6) is 1.01. The zero-order chi connectivity index (χ0) is 19.7. The second kappa shape index (κ2) is 7.53. The highest BCUT2D eigenvalue weighted by atomic mass is 16.5. The van der Waals surface area contributed by atoms with Crippen LogP contribution in [0.3, 0.4) is 0 Å². The number of oxazole rings is 1. The summed E-state index contributed by atoms with van der Waals surface area (Å²) in [4.78, 5) is 31.2. The van der Waals surface area contributed by atoms with Crippen LogP contribution in [0.15, 0.2) is 28.9 Å². The molecule has 0 atom stereocenters. The summed E-state index contributed by atoms with van der Waals surface area (Å²) in [7, 11) is 3.08. The van der Waals surface area contributed by atoms with Gasteiger partial charge in [-0.3, -0.25) is 9.59 Å². The minimum Gasteiger partial charge on any atom is -0.497 e.